The van der Waals surface area contributed by atoms with Crippen molar-refractivity contribution >= 4 is 22.6 Å². The maximum atomic E-state index is 6.20. The summed E-state index contributed by atoms with van der Waals surface area (Å²) in [7, 11) is 0. The highest BCUT2D eigenvalue weighted by atomic mass is 35.5. The molecule has 3 N–H and O–H groups in total. The lowest BCUT2D eigenvalue weighted by molar-refractivity contribution is 0.639. The Morgan fingerprint density at radius 2 is 1.95 bits per heavy atom. The molecule has 20 heavy (non-hydrogen) atoms. The third kappa shape index (κ3) is 2.84. The SMILES string of the molecule is NC(CCc1nc2ccc(Cl)cc2[nH]1)c1ccccc1. The van der Waals surface area contributed by atoms with Crippen LogP contribution in [0.15, 0.2) is 48.5 Å². The molecule has 0 fully saturated rings. The fourth-order valence-electron chi connectivity index (χ4n) is 2.31. The number of aromatic nitrogens is 2. The van der Waals surface area contributed by atoms with Crippen LogP contribution in [0.4, 0.5) is 0 Å². The Balaban J connectivity index is 1.71. The minimum atomic E-state index is 0.0352. The number of halogens is 1. The highest BCUT2D eigenvalue weighted by molar-refractivity contribution is 6.31. The van der Waals surface area contributed by atoms with E-state index in [4.69, 9.17) is 17.3 Å². The Morgan fingerprint density at radius 3 is 2.75 bits per heavy atom. The van der Waals surface area contributed by atoms with Gasteiger partial charge in [-0.1, -0.05) is 41.9 Å². The number of nitrogens with two attached hydrogens (primary N) is 1. The molecule has 0 aliphatic carbocycles. The predicted octanol–water partition coefficient (Wildman–Crippen LogP) is 3.85. The molecule has 102 valence electrons. The average molecular weight is 286 g/mol. The normalized spacial score (nSPS) is 12.7. The van der Waals surface area contributed by atoms with Crippen molar-refractivity contribution in [1.82, 2.24) is 9.97 Å². The van der Waals surface area contributed by atoms with E-state index in [1.54, 1.807) is 0 Å². The van der Waals surface area contributed by atoms with E-state index >= 15 is 0 Å². The summed E-state index contributed by atoms with van der Waals surface area (Å²) in [6.07, 6.45) is 1.68. The minimum Gasteiger partial charge on any atom is -0.342 e. The van der Waals surface area contributed by atoms with Crippen LogP contribution < -0.4 is 5.73 Å². The summed E-state index contributed by atoms with van der Waals surface area (Å²) in [6.45, 7) is 0. The number of nitrogens with zero attached hydrogens (tertiary/aromatic N) is 1. The number of hydrogen-bond donors (Lipinski definition) is 2. The molecule has 0 radical (unpaired) electrons. The van der Waals surface area contributed by atoms with Crippen LogP contribution in [-0.2, 0) is 6.42 Å². The molecule has 1 aromatic heterocycles. The summed E-state index contributed by atoms with van der Waals surface area (Å²) in [5, 5.41) is 0.716. The zero-order valence-corrected chi connectivity index (χ0v) is 11.8. The summed E-state index contributed by atoms with van der Waals surface area (Å²) in [4.78, 5) is 7.84. The smallest absolute Gasteiger partial charge is 0.107 e. The van der Waals surface area contributed by atoms with Crippen molar-refractivity contribution in [3.8, 4) is 0 Å². The zero-order chi connectivity index (χ0) is 13.9. The number of hydrogen-bond acceptors (Lipinski definition) is 2. The number of fused-ring (bicyclic) bond motifs is 1. The molecule has 0 saturated carbocycles. The van der Waals surface area contributed by atoms with E-state index in [0.29, 0.717) is 5.02 Å². The number of nitrogens with one attached hydrogen (secondary N) is 1. The van der Waals surface area contributed by atoms with Crippen molar-refractivity contribution in [3.05, 3.63) is 64.9 Å². The summed E-state index contributed by atoms with van der Waals surface area (Å²) in [6, 6.07) is 15.8. The van der Waals surface area contributed by atoms with Gasteiger partial charge in [0.1, 0.15) is 5.82 Å². The molecule has 4 heteroatoms. The van der Waals surface area contributed by atoms with E-state index in [1.165, 1.54) is 0 Å². The van der Waals surface area contributed by atoms with E-state index in [0.717, 1.165) is 35.3 Å². The van der Waals surface area contributed by atoms with Crippen LogP contribution in [0.2, 0.25) is 5.02 Å². The van der Waals surface area contributed by atoms with E-state index in [9.17, 15) is 0 Å². The molecule has 1 unspecified atom stereocenters. The Kier molecular flexibility index (Phi) is 3.72. The van der Waals surface area contributed by atoms with Gasteiger partial charge in [0.25, 0.3) is 0 Å². The van der Waals surface area contributed by atoms with E-state index in [1.807, 2.05) is 36.4 Å². The van der Waals surface area contributed by atoms with E-state index < -0.39 is 0 Å². The molecular formula is C16H16ClN3. The van der Waals surface area contributed by atoms with Crippen molar-refractivity contribution in [3.63, 3.8) is 0 Å². The van der Waals surface area contributed by atoms with Crippen LogP contribution in [0, 0.1) is 0 Å². The first kappa shape index (κ1) is 13.2. The summed E-state index contributed by atoms with van der Waals surface area (Å²) in [5.74, 6) is 0.952. The lowest BCUT2D eigenvalue weighted by Gasteiger charge is -2.10. The highest BCUT2D eigenvalue weighted by Crippen LogP contribution is 2.19. The van der Waals surface area contributed by atoms with Crippen molar-refractivity contribution in [1.29, 1.82) is 0 Å². The van der Waals surface area contributed by atoms with Gasteiger partial charge < -0.3 is 10.7 Å². The van der Waals surface area contributed by atoms with Crippen LogP contribution in [0.1, 0.15) is 23.9 Å². The van der Waals surface area contributed by atoms with Gasteiger partial charge >= 0.3 is 0 Å². The zero-order valence-electron chi connectivity index (χ0n) is 11.0. The third-order valence-corrected chi connectivity index (χ3v) is 3.65. The fraction of sp³-hybridized carbons (Fsp3) is 0.188. The van der Waals surface area contributed by atoms with Crippen LogP contribution >= 0.6 is 11.6 Å². The van der Waals surface area contributed by atoms with E-state index in [-0.39, 0.29) is 6.04 Å². The molecule has 0 bridgehead atoms. The molecular weight excluding hydrogens is 270 g/mol. The topological polar surface area (TPSA) is 54.7 Å². The predicted molar refractivity (Wildman–Crippen MR) is 82.8 cm³/mol. The van der Waals surface area contributed by atoms with Gasteiger partial charge in [0.15, 0.2) is 0 Å². The van der Waals surface area contributed by atoms with Crippen molar-refractivity contribution in [2.75, 3.05) is 0 Å². The van der Waals surface area contributed by atoms with E-state index in [2.05, 4.69) is 22.1 Å². The second kappa shape index (κ2) is 5.65. The Bertz CT molecular complexity index is 706. The molecule has 1 heterocycles. The quantitative estimate of drug-likeness (QED) is 0.765. The van der Waals surface area contributed by atoms with Gasteiger partial charge in [0.05, 0.1) is 11.0 Å². The number of aryl methyl sites for hydroxylation is 1. The second-order valence-electron chi connectivity index (χ2n) is 4.90. The molecule has 3 aromatic rings. The van der Waals surface area contributed by atoms with Gasteiger partial charge in [-0.3, -0.25) is 0 Å². The first-order chi connectivity index (χ1) is 9.72. The average Bonchev–Trinajstić information content (AvgIpc) is 2.87. The van der Waals surface area contributed by atoms with Gasteiger partial charge in [-0.25, -0.2) is 4.98 Å². The number of rotatable bonds is 4. The van der Waals surface area contributed by atoms with Crippen molar-refractivity contribution in [2.24, 2.45) is 5.73 Å². The Labute approximate surface area is 122 Å². The van der Waals surface area contributed by atoms with Crippen LogP contribution in [0.3, 0.4) is 0 Å². The maximum absolute atomic E-state index is 6.20. The van der Waals surface area contributed by atoms with Crippen molar-refractivity contribution in [2.45, 2.75) is 18.9 Å². The first-order valence-corrected chi connectivity index (χ1v) is 7.05. The number of aromatic amines is 1. The van der Waals surface area contributed by atoms with Gasteiger partial charge in [0, 0.05) is 17.5 Å². The van der Waals surface area contributed by atoms with Gasteiger partial charge in [0.2, 0.25) is 0 Å². The lowest BCUT2D eigenvalue weighted by atomic mass is 10.0. The molecule has 0 saturated heterocycles. The van der Waals surface area contributed by atoms with Gasteiger partial charge in [-0.15, -0.1) is 0 Å². The van der Waals surface area contributed by atoms with Gasteiger partial charge in [-0.05, 0) is 30.2 Å². The number of benzene rings is 2. The molecule has 2 aromatic carbocycles. The minimum absolute atomic E-state index is 0.0352. The monoisotopic (exact) mass is 285 g/mol. The number of H-pyrrole nitrogens is 1. The standard InChI is InChI=1S/C16H16ClN3/c17-12-6-8-14-15(10-12)20-16(19-14)9-7-13(18)11-4-2-1-3-5-11/h1-6,8,10,13H,7,9,18H2,(H,19,20). The van der Waals surface area contributed by atoms with Crippen LogP contribution in [0.25, 0.3) is 11.0 Å². The Morgan fingerprint density at radius 1 is 1.15 bits per heavy atom. The second-order valence-corrected chi connectivity index (χ2v) is 5.34. The molecule has 0 aliphatic rings. The summed E-state index contributed by atoms with van der Waals surface area (Å²) < 4.78 is 0. The number of imidazole rings is 1. The molecule has 0 amide bonds. The summed E-state index contributed by atoms with van der Waals surface area (Å²) >= 11 is 5.97. The fourth-order valence-corrected chi connectivity index (χ4v) is 2.48. The molecule has 1 atom stereocenters. The first-order valence-electron chi connectivity index (χ1n) is 6.67. The molecule has 0 spiro atoms. The van der Waals surface area contributed by atoms with Gasteiger partial charge in [-0.2, -0.15) is 0 Å². The Hall–Kier alpha value is -1.84. The largest absolute Gasteiger partial charge is 0.342 e. The molecule has 3 nitrogen and oxygen atoms in total. The molecule has 3 rings (SSSR count). The maximum Gasteiger partial charge on any atom is 0.107 e. The third-order valence-electron chi connectivity index (χ3n) is 3.41. The van der Waals surface area contributed by atoms with Crippen LogP contribution in [0.5, 0.6) is 0 Å². The van der Waals surface area contributed by atoms with Crippen molar-refractivity contribution < 1.29 is 0 Å². The van der Waals surface area contributed by atoms with Crippen LogP contribution in [-0.4, -0.2) is 9.97 Å². The highest BCUT2D eigenvalue weighted by Gasteiger charge is 2.08. The summed E-state index contributed by atoms with van der Waals surface area (Å²) in [5.41, 5.74) is 9.27. The lowest BCUT2D eigenvalue weighted by Crippen LogP contribution is -2.11. The molecule has 0 aliphatic heterocycles.